The highest BCUT2D eigenvalue weighted by atomic mass is 35.5. The van der Waals surface area contributed by atoms with Crippen molar-refractivity contribution in [2.45, 2.75) is 76.8 Å². The summed E-state index contributed by atoms with van der Waals surface area (Å²) in [7, 11) is -7.43. The first-order valence-electron chi connectivity index (χ1n) is 9.93. The first-order valence-corrected chi connectivity index (χ1v) is 13.8. The van der Waals surface area contributed by atoms with Gasteiger partial charge in [0.25, 0.3) is 26.1 Å². The number of nitrogens with zero attached hydrogens (tertiary/aromatic N) is 2. The molecular weight excluding hydrogens is 543 g/mol. The van der Waals surface area contributed by atoms with E-state index in [1.165, 1.54) is 6.92 Å². The third-order valence-corrected chi connectivity index (χ3v) is 10.7. The summed E-state index contributed by atoms with van der Waals surface area (Å²) in [6, 6.07) is 0. The van der Waals surface area contributed by atoms with Gasteiger partial charge in [-0.1, -0.05) is 0 Å². The summed E-state index contributed by atoms with van der Waals surface area (Å²) in [6.45, 7) is 9.73. The van der Waals surface area contributed by atoms with Gasteiger partial charge in [0.15, 0.2) is 5.66 Å². The van der Waals surface area contributed by atoms with Crippen molar-refractivity contribution >= 4 is 55.6 Å². The zero-order valence-electron chi connectivity index (χ0n) is 19.5. The van der Waals surface area contributed by atoms with Gasteiger partial charge >= 0.3 is 5.91 Å². The van der Waals surface area contributed by atoms with Gasteiger partial charge in [-0.25, -0.2) is 14.5 Å². The number of likely N-dealkylation sites (N-methyl/N-ethyl adjacent to an activating group) is 1. The molecule has 2 rings (SSSR count). The summed E-state index contributed by atoms with van der Waals surface area (Å²) in [5, 5.41) is 3.10. The van der Waals surface area contributed by atoms with Gasteiger partial charge in [0.2, 0.25) is 0 Å². The number of carbonyl (C=O) groups is 2. The van der Waals surface area contributed by atoms with Crippen LogP contribution >= 0.6 is 23.6 Å². The molecule has 0 radical (unpaired) electrons. The normalized spacial score (nSPS) is 32.3. The maximum atomic E-state index is 12.6. The molecule has 0 spiro atoms. The Morgan fingerprint density at radius 2 is 1.39 bits per heavy atom. The minimum absolute atomic E-state index is 0. The van der Waals surface area contributed by atoms with E-state index in [-0.39, 0.29) is 31.2 Å². The van der Waals surface area contributed by atoms with Gasteiger partial charge in [-0.05, 0) is 52.3 Å². The molecule has 16 heteroatoms. The summed E-state index contributed by atoms with van der Waals surface area (Å²) in [5.41, 5.74) is -4.35. The highest BCUT2D eigenvalue weighted by molar-refractivity contribution is 7.99. The van der Waals surface area contributed by atoms with Crippen molar-refractivity contribution in [1.29, 1.82) is 0 Å². The van der Waals surface area contributed by atoms with Crippen LogP contribution in [-0.4, -0.2) is 78.4 Å². The number of amides is 2. The van der Waals surface area contributed by atoms with Crippen LogP contribution in [0.5, 0.6) is 0 Å². The van der Waals surface area contributed by atoms with Crippen molar-refractivity contribution in [1.82, 2.24) is 14.2 Å². The number of hydrogen-bond donors (Lipinski definition) is 2. The second kappa shape index (κ2) is 9.32. The van der Waals surface area contributed by atoms with Gasteiger partial charge in [0.1, 0.15) is 16.7 Å². The molecule has 33 heavy (non-hydrogen) atoms. The van der Waals surface area contributed by atoms with Crippen molar-refractivity contribution < 1.29 is 47.4 Å². The molecule has 3 unspecified atom stereocenters. The molecule has 0 saturated carbocycles. The zero-order valence-corrected chi connectivity index (χ0v) is 23.4. The summed E-state index contributed by atoms with van der Waals surface area (Å²) < 4.78 is 56.0. The molecule has 0 aliphatic carbocycles. The summed E-state index contributed by atoms with van der Waals surface area (Å²) in [4.78, 5) is 25.6. The predicted octanol–water partition coefficient (Wildman–Crippen LogP) is -3.47. The quantitative estimate of drug-likeness (QED) is 0.284. The molecule has 0 aromatic carbocycles. The molecule has 2 fully saturated rings. The van der Waals surface area contributed by atoms with Gasteiger partial charge in [-0.15, -0.1) is 3.63 Å². The topological polar surface area (TPSA) is 135 Å². The van der Waals surface area contributed by atoms with Crippen LogP contribution in [0, 0.1) is 0 Å². The lowest BCUT2D eigenvalue weighted by Crippen LogP contribution is -3.18. The second-order valence-electron chi connectivity index (χ2n) is 9.76. The molecule has 2 N–H and O–H groups in total. The number of carbonyl (C=O) groups excluding carboxylic acids is 2. The SMILES string of the molecule is C[NH+]1C(=O)C(C)(CCS(=O)(=O)OS(=O)(=O)CCC2(C)C(=O)N(Cl)C(C)(C)N2Cl)NC1(C)C.[Cl-]. The Kier molecular flexibility index (Phi) is 8.69. The summed E-state index contributed by atoms with van der Waals surface area (Å²) >= 11 is 12.2. The van der Waals surface area contributed by atoms with Crippen LogP contribution < -0.4 is 22.6 Å². The maximum absolute atomic E-state index is 12.6. The molecular formula is C17H31Cl3N4O7S2. The lowest BCUT2D eigenvalue weighted by atomic mass is 9.99. The lowest BCUT2D eigenvalue weighted by molar-refractivity contribution is -0.846. The molecule has 3 atom stereocenters. The average Bonchev–Trinajstić information content (AvgIpc) is 2.87. The van der Waals surface area contributed by atoms with Crippen molar-refractivity contribution in [3.63, 3.8) is 0 Å². The minimum Gasteiger partial charge on any atom is -1.00 e. The van der Waals surface area contributed by atoms with Crippen LogP contribution in [0.15, 0.2) is 0 Å². The Morgan fingerprint density at radius 3 is 1.76 bits per heavy atom. The van der Waals surface area contributed by atoms with Crippen molar-refractivity contribution in [3.8, 4) is 0 Å². The van der Waals surface area contributed by atoms with E-state index in [9.17, 15) is 26.4 Å². The Balaban J connectivity index is 0.00000544. The smallest absolute Gasteiger partial charge is 0.333 e. The molecule has 2 aliphatic rings. The molecule has 2 saturated heterocycles. The minimum atomic E-state index is -4.58. The average molecular weight is 574 g/mol. The van der Waals surface area contributed by atoms with Gasteiger partial charge in [-0.2, -0.15) is 21.3 Å². The van der Waals surface area contributed by atoms with Crippen LogP contribution in [-0.2, 0) is 33.5 Å². The van der Waals surface area contributed by atoms with Gasteiger partial charge in [-0.3, -0.25) is 9.69 Å². The van der Waals surface area contributed by atoms with Crippen molar-refractivity contribution in [2.75, 3.05) is 18.6 Å². The number of nitrogens with one attached hydrogen (secondary N) is 2. The Bertz CT molecular complexity index is 1020. The van der Waals surface area contributed by atoms with Gasteiger partial charge < -0.3 is 12.4 Å². The van der Waals surface area contributed by atoms with Crippen LogP contribution in [0.25, 0.3) is 0 Å². The third kappa shape index (κ3) is 5.78. The predicted molar refractivity (Wildman–Crippen MR) is 118 cm³/mol. The summed E-state index contributed by atoms with van der Waals surface area (Å²) in [6.07, 6.45) is -0.522. The van der Waals surface area contributed by atoms with E-state index in [2.05, 4.69) is 8.95 Å². The van der Waals surface area contributed by atoms with Gasteiger partial charge in [0.05, 0.1) is 18.6 Å². The van der Waals surface area contributed by atoms with Crippen LogP contribution in [0.3, 0.4) is 0 Å². The van der Waals surface area contributed by atoms with E-state index in [0.717, 1.165) is 8.84 Å². The maximum Gasteiger partial charge on any atom is 0.333 e. The molecule has 0 aromatic rings. The fourth-order valence-corrected chi connectivity index (χ4v) is 7.67. The van der Waals surface area contributed by atoms with E-state index in [0.29, 0.717) is 4.90 Å². The van der Waals surface area contributed by atoms with Crippen molar-refractivity contribution in [2.24, 2.45) is 0 Å². The first kappa shape index (κ1) is 30.8. The molecule has 2 heterocycles. The Hall–Kier alpha value is -0.250. The fraction of sp³-hybridized carbons (Fsp3) is 0.882. The largest absolute Gasteiger partial charge is 1.00 e. The van der Waals surface area contributed by atoms with Crippen LogP contribution in [0.2, 0.25) is 0 Å². The van der Waals surface area contributed by atoms with E-state index in [1.54, 1.807) is 41.7 Å². The first-order chi connectivity index (χ1) is 14.1. The standard InChI is InChI=1S/C17H30Cl2N4O7S2.ClH/c1-14(2)20-16(5,12(24)21(14)7)8-10-31(26,27)30-32(28,29)11-9-17(6)13(25)22(18)15(3,4)23(17)19;/h20H,8-11H2,1-7H3;1H. The zero-order chi connectivity index (χ0) is 25.1. The van der Waals surface area contributed by atoms with E-state index < -0.39 is 60.1 Å². The molecule has 2 amide bonds. The van der Waals surface area contributed by atoms with Crippen molar-refractivity contribution in [3.05, 3.63) is 0 Å². The number of quaternary nitrogens is 1. The molecule has 11 nitrogen and oxygen atoms in total. The van der Waals surface area contributed by atoms with Crippen LogP contribution in [0.1, 0.15) is 54.4 Å². The molecule has 0 aromatic heterocycles. The Labute approximate surface area is 211 Å². The Morgan fingerprint density at radius 1 is 0.939 bits per heavy atom. The van der Waals surface area contributed by atoms with Crippen LogP contribution in [0.4, 0.5) is 0 Å². The fourth-order valence-electron chi connectivity index (χ4n) is 4.02. The van der Waals surface area contributed by atoms with E-state index in [1.807, 2.05) is 0 Å². The molecule has 2 aliphatic heterocycles. The second-order valence-corrected chi connectivity index (χ2v) is 14.0. The van der Waals surface area contributed by atoms with E-state index in [4.69, 9.17) is 23.6 Å². The highest BCUT2D eigenvalue weighted by Crippen LogP contribution is 2.43. The van der Waals surface area contributed by atoms with E-state index >= 15 is 0 Å². The highest BCUT2D eigenvalue weighted by Gasteiger charge is 2.59. The van der Waals surface area contributed by atoms with Gasteiger partial charge in [0, 0.05) is 25.6 Å². The molecule has 0 bridgehead atoms. The third-order valence-electron chi connectivity index (χ3n) is 6.30. The number of hydrogen-bond acceptors (Lipinski definition) is 9. The number of rotatable bonds is 8. The summed E-state index contributed by atoms with van der Waals surface area (Å²) in [5.74, 6) is -2.33. The molecule has 194 valence electrons. The lowest BCUT2D eigenvalue weighted by Gasteiger charge is -2.33. The number of halogens is 3. The monoisotopic (exact) mass is 572 g/mol.